The third kappa shape index (κ3) is 6.61. The molecule has 0 saturated heterocycles. The first-order chi connectivity index (χ1) is 13.9. The minimum atomic E-state index is -1.34. The Morgan fingerprint density at radius 2 is 1.76 bits per heavy atom. The average Bonchev–Trinajstić information content (AvgIpc) is 2.71. The molecule has 0 unspecified atom stereocenters. The number of rotatable bonds is 8. The van der Waals surface area contributed by atoms with Crippen LogP contribution in [0.1, 0.15) is 18.6 Å². The monoisotopic (exact) mass is 417 g/mol. The van der Waals surface area contributed by atoms with Crippen LogP contribution in [0.3, 0.4) is 0 Å². The van der Waals surface area contributed by atoms with E-state index < -0.39 is 28.9 Å². The van der Waals surface area contributed by atoms with Crippen LogP contribution in [0.15, 0.2) is 59.5 Å². The molecule has 1 atom stereocenters. The molecule has 0 spiro atoms. The second kappa shape index (κ2) is 10.8. The van der Waals surface area contributed by atoms with Crippen LogP contribution < -0.4 is 10.6 Å². The van der Waals surface area contributed by atoms with Crippen LogP contribution in [-0.2, 0) is 14.3 Å². The van der Waals surface area contributed by atoms with Crippen molar-refractivity contribution in [3.05, 3.63) is 70.3 Å². The smallest absolute Gasteiger partial charge is 0.321 e. The van der Waals surface area contributed by atoms with Crippen molar-refractivity contribution in [2.75, 3.05) is 12.3 Å². The number of thioether (sulfide) groups is 1. The SMILES string of the molecule is CCNC(=O)NC(=O)[C@H](OC(=O)CSc1ccccc1[N+](=O)[O-])c1ccccc1. The number of hydrogen-bond donors (Lipinski definition) is 2. The maximum Gasteiger partial charge on any atom is 0.321 e. The van der Waals surface area contributed by atoms with E-state index in [1.54, 1.807) is 43.3 Å². The highest BCUT2D eigenvalue weighted by Crippen LogP contribution is 2.29. The molecule has 0 bridgehead atoms. The maximum absolute atomic E-state index is 12.4. The van der Waals surface area contributed by atoms with Crippen molar-refractivity contribution < 1.29 is 24.0 Å². The first-order valence-electron chi connectivity index (χ1n) is 8.61. The number of urea groups is 1. The van der Waals surface area contributed by atoms with Crippen LogP contribution in [0.2, 0.25) is 0 Å². The molecule has 2 N–H and O–H groups in total. The minimum Gasteiger partial charge on any atom is -0.447 e. The van der Waals surface area contributed by atoms with Gasteiger partial charge in [0.2, 0.25) is 6.10 Å². The predicted octanol–water partition coefficient (Wildman–Crippen LogP) is 2.82. The van der Waals surface area contributed by atoms with Gasteiger partial charge in [-0.05, 0) is 13.0 Å². The molecular weight excluding hydrogens is 398 g/mol. The largest absolute Gasteiger partial charge is 0.447 e. The summed E-state index contributed by atoms with van der Waals surface area (Å²) in [4.78, 5) is 47.2. The maximum atomic E-state index is 12.4. The van der Waals surface area contributed by atoms with Gasteiger partial charge in [-0.2, -0.15) is 0 Å². The van der Waals surface area contributed by atoms with Crippen LogP contribution in [0, 0.1) is 10.1 Å². The number of nitrogens with zero attached hydrogens (tertiary/aromatic N) is 1. The molecule has 29 heavy (non-hydrogen) atoms. The zero-order chi connectivity index (χ0) is 21.2. The second-order valence-corrected chi connectivity index (χ2v) is 6.66. The molecule has 9 nitrogen and oxygen atoms in total. The van der Waals surface area contributed by atoms with Crippen LogP contribution in [0.4, 0.5) is 10.5 Å². The molecular formula is C19H19N3O6S. The molecule has 0 aliphatic rings. The molecule has 0 saturated carbocycles. The molecule has 10 heteroatoms. The topological polar surface area (TPSA) is 128 Å². The Hall–Kier alpha value is -3.40. The highest BCUT2D eigenvalue weighted by atomic mass is 32.2. The van der Waals surface area contributed by atoms with Crippen molar-refractivity contribution in [2.45, 2.75) is 17.9 Å². The van der Waals surface area contributed by atoms with Crippen molar-refractivity contribution in [2.24, 2.45) is 0 Å². The Kier molecular flexibility index (Phi) is 8.16. The second-order valence-electron chi connectivity index (χ2n) is 5.64. The predicted molar refractivity (Wildman–Crippen MR) is 106 cm³/mol. The Morgan fingerprint density at radius 3 is 2.41 bits per heavy atom. The van der Waals surface area contributed by atoms with E-state index in [2.05, 4.69) is 10.6 Å². The molecule has 3 amide bonds. The van der Waals surface area contributed by atoms with E-state index in [1.807, 2.05) is 0 Å². The van der Waals surface area contributed by atoms with E-state index in [-0.39, 0.29) is 11.4 Å². The van der Waals surface area contributed by atoms with E-state index in [1.165, 1.54) is 18.2 Å². The number of esters is 1. The van der Waals surface area contributed by atoms with E-state index in [4.69, 9.17) is 4.74 Å². The summed E-state index contributed by atoms with van der Waals surface area (Å²) in [6, 6.07) is 13.5. The van der Waals surface area contributed by atoms with E-state index in [0.29, 0.717) is 17.0 Å². The van der Waals surface area contributed by atoms with Crippen molar-refractivity contribution in [3.63, 3.8) is 0 Å². The first kappa shape index (κ1) is 21.9. The number of amides is 3. The van der Waals surface area contributed by atoms with Crippen LogP contribution >= 0.6 is 11.8 Å². The summed E-state index contributed by atoms with van der Waals surface area (Å²) in [6.45, 7) is 2.01. The van der Waals surface area contributed by atoms with Crippen LogP contribution in [0.5, 0.6) is 0 Å². The molecule has 0 heterocycles. The van der Waals surface area contributed by atoms with Gasteiger partial charge in [-0.25, -0.2) is 4.79 Å². The fourth-order valence-electron chi connectivity index (χ4n) is 2.32. The molecule has 0 aliphatic carbocycles. The zero-order valence-corrected chi connectivity index (χ0v) is 16.3. The summed E-state index contributed by atoms with van der Waals surface area (Å²) < 4.78 is 5.28. The summed E-state index contributed by atoms with van der Waals surface area (Å²) in [6.07, 6.45) is -1.34. The van der Waals surface area contributed by atoms with Gasteiger partial charge in [0.25, 0.3) is 11.6 Å². The van der Waals surface area contributed by atoms with Gasteiger partial charge in [-0.15, -0.1) is 11.8 Å². The third-order valence-electron chi connectivity index (χ3n) is 3.57. The third-order valence-corrected chi connectivity index (χ3v) is 4.61. The van der Waals surface area contributed by atoms with Gasteiger partial charge in [0.05, 0.1) is 15.6 Å². The van der Waals surface area contributed by atoms with Gasteiger partial charge in [0.1, 0.15) is 0 Å². The summed E-state index contributed by atoms with van der Waals surface area (Å²) >= 11 is 0.927. The number of hydrogen-bond acceptors (Lipinski definition) is 7. The summed E-state index contributed by atoms with van der Waals surface area (Å²) in [5.41, 5.74) is 0.261. The number of imide groups is 1. The molecule has 152 valence electrons. The zero-order valence-electron chi connectivity index (χ0n) is 15.5. The highest BCUT2D eigenvalue weighted by molar-refractivity contribution is 8.00. The van der Waals surface area contributed by atoms with Crippen molar-refractivity contribution in [1.82, 2.24) is 10.6 Å². The average molecular weight is 417 g/mol. The summed E-state index contributed by atoms with van der Waals surface area (Å²) in [5, 5.41) is 15.6. The Bertz CT molecular complexity index is 891. The Balaban J connectivity index is 2.08. The van der Waals surface area contributed by atoms with Crippen molar-refractivity contribution in [3.8, 4) is 0 Å². The lowest BCUT2D eigenvalue weighted by Crippen LogP contribution is -2.42. The molecule has 0 aromatic heterocycles. The number of ether oxygens (including phenoxy) is 1. The van der Waals surface area contributed by atoms with Gasteiger partial charge >= 0.3 is 12.0 Å². The van der Waals surface area contributed by atoms with E-state index >= 15 is 0 Å². The van der Waals surface area contributed by atoms with Gasteiger partial charge in [0, 0.05) is 18.2 Å². The lowest BCUT2D eigenvalue weighted by atomic mass is 10.1. The number of nitrogens with one attached hydrogen (secondary N) is 2. The minimum absolute atomic E-state index is 0.126. The fraction of sp³-hybridized carbons (Fsp3) is 0.211. The quantitative estimate of drug-likeness (QED) is 0.292. The van der Waals surface area contributed by atoms with Crippen LogP contribution in [0.25, 0.3) is 0 Å². The number of benzene rings is 2. The molecule has 0 aliphatic heterocycles. The number of nitro benzene ring substituents is 1. The molecule has 2 aromatic carbocycles. The lowest BCUT2D eigenvalue weighted by molar-refractivity contribution is -0.387. The number of carbonyl (C=O) groups is 3. The molecule has 2 aromatic rings. The first-order valence-corrected chi connectivity index (χ1v) is 9.60. The summed E-state index contributed by atoms with van der Waals surface area (Å²) in [7, 11) is 0. The van der Waals surface area contributed by atoms with Gasteiger partial charge in [0.15, 0.2) is 0 Å². The summed E-state index contributed by atoms with van der Waals surface area (Å²) in [5.74, 6) is -1.80. The van der Waals surface area contributed by atoms with E-state index in [9.17, 15) is 24.5 Å². The number of nitro groups is 1. The van der Waals surface area contributed by atoms with Gasteiger partial charge < -0.3 is 10.1 Å². The molecule has 0 fully saturated rings. The Labute approximate surface area is 171 Å². The molecule has 0 radical (unpaired) electrons. The van der Waals surface area contributed by atoms with Gasteiger partial charge in [-0.3, -0.25) is 25.0 Å². The standard InChI is InChI=1S/C19H19N3O6S/c1-2-20-19(25)21-18(24)17(13-8-4-3-5-9-13)28-16(23)12-29-15-11-7-6-10-14(15)22(26)27/h3-11,17H,2,12H2,1H3,(H2,20,21,24,25)/t17-/m1/s1. The van der Waals surface area contributed by atoms with Crippen molar-refractivity contribution in [1.29, 1.82) is 0 Å². The molecule has 2 rings (SSSR count). The van der Waals surface area contributed by atoms with Gasteiger partial charge in [-0.1, -0.05) is 42.5 Å². The number of carbonyl (C=O) groups excluding carboxylic acids is 3. The van der Waals surface area contributed by atoms with Crippen molar-refractivity contribution >= 4 is 35.4 Å². The lowest BCUT2D eigenvalue weighted by Gasteiger charge is -2.17. The highest BCUT2D eigenvalue weighted by Gasteiger charge is 2.27. The van der Waals surface area contributed by atoms with Crippen LogP contribution in [-0.4, -0.2) is 35.1 Å². The Morgan fingerprint density at radius 1 is 1.10 bits per heavy atom. The normalized spacial score (nSPS) is 11.2. The fourth-order valence-corrected chi connectivity index (χ4v) is 3.12. The van der Waals surface area contributed by atoms with E-state index in [0.717, 1.165) is 11.8 Å². The number of para-hydroxylation sites is 1.